The lowest BCUT2D eigenvalue weighted by atomic mass is 10.3. The number of carbonyl (C=O) groups excluding carboxylic acids is 1. The SMILES string of the molecule is CN(CCOc1ccc(Cl)cc1)C(=O)Nc1cccc([N+](=O)[O-])c1. The van der Waals surface area contributed by atoms with E-state index < -0.39 is 4.92 Å². The van der Waals surface area contributed by atoms with E-state index in [1.54, 1.807) is 37.4 Å². The predicted octanol–water partition coefficient (Wildman–Crippen LogP) is 3.79. The van der Waals surface area contributed by atoms with Gasteiger partial charge in [-0.15, -0.1) is 0 Å². The molecule has 0 radical (unpaired) electrons. The minimum atomic E-state index is -0.515. The Bertz CT molecular complexity index is 722. The van der Waals surface area contributed by atoms with E-state index in [0.29, 0.717) is 29.6 Å². The van der Waals surface area contributed by atoms with Crippen LogP contribution in [0.15, 0.2) is 48.5 Å². The lowest BCUT2D eigenvalue weighted by Crippen LogP contribution is -2.34. The number of nitrogens with zero attached hydrogens (tertiary/aromatic N) is 2. The maximum Gasteiger partial charge on any atom is 0.321 e. The van der Waals surface area contributed by atoms with Crippen LogP contribution in [0.1, 0.15) is 0 Å². The van der Waals surface area contributed by atoms with Gasteiger partial charge in [0.1, 0.15) is 12.4 Å². The summed E-state index contributed by atoms with van der Waals surface area (Å²) in [4.78, 5) is 23.7. The second kappa shape index (κ2) is 8.16. The fourth-order valence-corrected chi connectivity index (χ4v) is 1.97. The standard InChI is InChI=1S/C16H16ClN3O4/c1-19(9-10-24-15-7-5-12(17)6-8-15)16(21)18-13-3-2-4-14(11-13)20(22)23/h2-8,11H,9-10H2,1H3,(H,18,21). The van der Waals surface area contributed by atoms with Gasteiger partial charge >= 0.3 is 6.03 Å². The normalized spacial score (nSPS) is 10.1. The van der Waals surface area contributed by atoms with Gasteiger partial charge in [-0.2, -0.15) is 0 Å². The molecule has 2 rings (SSSR count). The number of nitrogens with one attached hydrogen (secondary N) is 1. The van der Waals surface area contributed by atoms with E-state index in [1.807, 2.05) is 0 Å². The summed E-state index contributed by atoms with van der Waals surface area (Å²) in [5, 5.41) is 14.0. The summed E-state index contributed by atoms with van der Waals surface area (Å²) in [6.45, 7) is 0.657. The number of carbonyl (C=O) groups is 1. The molecule has 8 heteroatoms. The van der Waals surface area contributed by atoms with Gasteiger partial charge in [0, 0.05) is 29.9 Å². The summed E-state index contributed by atoms with van der Waals surface area (Å²) in [5.74, 6) is 0.659. The fourth-order valence-electron chi connectivity index (χ4n) is 1.85. The van der Waals surface area contributed by atoms with Crippen molar-refractivity contribution in [3.05, 3.63) is 63.7 Å². The number of anilines is 1. The van der Waals surface area contributed by atoms with Crippen molar-refractivity contribution in [3.63, 3.8) is 0 Å². The van der Waals surface area contributed by atoms with Crippen LogP contribution < -0.4 is 10.1 Å². The summed E-state index contributed by atoms with van der Waals surface area (Å²) >= 11 is 5.79. The Kier molecular flexibility index (Phi) is 5.97. The van der Waals surface area contributed by atoms with E-state index in [1.165, 1.54) is 23.1 Å². The molecule has 0 spiro atoms. The van der Waals surface area contributed by atoms with E-state index in [2.05, 4.69) is 5.32 Å². The molecule has 0 saturated heterocycles. The minimum absolute atomic E-state index is 0.0819. The molecule has 1 N–H and O–H groups in total. The maximum atomic E-state index is 12.1. The number of hydrogen-bond acceptors (Lipinski definition) is 4. The number of benzene rings is 2. The molecule has 0 aliphatic carbocycles. The first-order valence-electron chi connectivity index (χ1n) is 7.10. The van der Waals surface area contributed by atoms with Crippen molar-refractivity contribution in [1.82, 2.24) is 4.90 Å². The van der Waals surface area contributed by atoms with Gasteiger partial charge < -0.3 is 15.0 Å². The van der Waals surface area contributed by atoms with Gasteiger partial charge in [0.05, 0.1) is 11.5 Å². The zero-order valence-corrected chi connectivity index (χ0v) is 13.7. The number of halogens is 1. The molecule has 0 fully saturated rings. The van der Waals surface area contributed by atoms with Gasteiger partial charge in [0.15, 0.2) is 0 Å². The average Bonchev–Trinajstić information content (AvgIpc) is 2.56. The zero-order chi connectivity index (χ0) is 17.5. The van der Waals surface area contributed by atoms with Crippen LogP contribution in [0, 0.1) is 10.1 Å². The van der Waals surface area contributed by atoms with Gasteiger partial charge in [-0.05, 0) is 30.3 Å². The van der Waals surface area contributed by atoms with Crippen LogP contribution in [0.2, 0.25) is 5.02 Å². The van der Waals surface area contributed by atoms with Gasteiger partial charge in [0.25, 0.3) is 5.69 Å². The lowest BCUT2D eigenvalue weighted by Gasteiger charge is -2.18. The van der Waals surface area contributed by atoms with Crippen LogP contribution in [0.25, 0.3) is 0 Å². The van der Waals surface area contributed by atoms with E-state index >= 15 is 0 Å². The zero-order valence-electron chi connectivity index (χ0n) is 12.9. The summed E-state index contributed by atoms with van der Waals surface area (Å²) in [6, 6.07) is 12.3. The number of hydrogen-bond donors (Lipinski definition) is 1. The second-order valence-corrected chi connectivity index (χ2v) is 5.40. The van der Waals surface area contributed by atoms with Crippen molar-refractivity contribution in [2.45, 2.75) is 0 Å². The number of nitro benzene ring substituents is 1. The Labute approximate surface area is 143 Å². The quantitative estimate of drug-likeness (QED) is 0.635. The summed E-state index contributed by atoms with van der Waals surface area (Å²) in [5.41, 5.74) is 0.279. The van der Waals surface area contributed by atoms with Crippen molar-refractivity contribution in [2.24, 2.45) is 0 Å². The van der Waals surface area contributed by atoms with Gasteiger partial charge in [-0.25, -0.2) is 4.79 Å². The first-order chi connectivity index (χ1) is 11.5. The molecular formula is C16H16ClN3O4. The molecule has 0 saturated carbocycles. The highest BCUT2D eigenvalue weighted by Crippen LogP contribution is 2.17. The minimum Gasteiger partial charge on any atom is -0.492 e. The number of amides is 2. The molecule has 0 aromatic heterocycles. The topological polar surface area (TPSA) is 84.7 Å². The molecule has 126 valence electrons. The Balaban J connectivity index is 1.82. The Morgan fingerprint density at radius 3 is 2.67 bits per heavy atom. The van der Waals surface area contributed by atoms with E-state index in [-0.39, 0.29) is 11.7 Å². The van der Waals surface area contributed by atoms with Crippen molar-refractivity contribution < 1.29 is 14.5 Å². The summed E-state index contributed by atoms with van der Waals surface area (Å²) in [6.07, 6.45) is 0. The Morgan fingerprint density at radius 2 is 2.00 bits per heavy atom. The average molecular weight is 350 g/mol. The van der Waals surface area contributed by atoms with Crippen molar-refractivity contribution in [1.29, 1.82) is 0 Å². The third-order valence-corrected chi connectivity index (χ3v) is 3.42. The monoisotopic (exact) mass is 349 g/mol. The fraction of sp³-hybridized carbons (Fsp3) is 0.188. The maximum absolute atomic E-state index is 12.1. The molecule has 0 aliphatic heterocycles. The summed E-state index contributed by atoms with van der Waals surface area (Å²) < 4.78 is 5.51. The first kappa shape index (κ1) is 17.6. The van der Waals surface area contributed by atoms with Gasteiger partial charge in [-0.1, -0.05) is 17.7 Å². The predicted molar refractivity (Wildman–Crippen MR) is 91.7 cm³/mol. The summed E-state index contributed by atoms with van der Waals surface area (Å²) in [7, 11) is 1.61. The van der Waals surface area contributed by atoms with E-state index in [9.17, 15) is 14.9 Å². The molecule has 0 atom stereocenters. The number of non-ortho nitro benzene ring substituents is 1. The van der Waals surface area contributed by atoms with Crippen LogP contribution in [0.3, 0.4) is 0 Å². The van der Waals surface area contributed by atoms with Crippen LogP contribution >= 0.6 is 11.6 Å². The van der Waals surface area contributed by atoms with Gasteiger partial charge in [-0.3, -0.25) is 10.1 Å². The molecule has 0 unspecified atom stereocenters. The lowest BCUT2D eigenvalue weighted by molar-refractivity contribution is -0.384. The second-order valence-electron chi connectivity index (χ2n) is 4.96. The van der Waals surface area contributed by atoms with Crippen molar-refractivity contribution in [3.8, 4) is 5.75 Å². The number of ether oxygens (including phenoxy) is 1. The number of nitro groups is 1. The molecule has 0 heterocycles. The highest BCUT2D eigenvalue weighted by atomic mass is 35.5. The molecule has 24 heavy (non-hydrogen) atoms. The first-order valence-corrected chi connectivity index (χ1v) is 7.48. The molecule has 2 aromatic rings. The molecule has 2 amide bonds. The Hall–Kier alpha value is -2.80. The number of likely N-dealkylation sites (N-methyl/N-ethyl adjacent to an activating group) is 1. The molecule has 2 aromatic carbocycles. The molecule has 7 nitrogen and oxygen atoms in total. The van der Waals surface area contributed by atoms with Crippen molar-refractivity contribution >= 4 is 29.0 Å². The highest BCUT2D eigenvalue weighted by Gasteiger charge is 2.11. The highest BCUT2D eigenvalue weighted by molar-refractivity contribution is 6.30. The third-order valence-electron chi connectivity index (χ3n) is 3.16. The number of urea groups is 1. The van der Waals surface area contributed by atoms with Crippen LogP contribution in [-0.4, -0.2) is 36.1 Å². The van der Waals surface area contributed by atoms with Crippen LogP contribution in [-0.2, 0) is 0 Å². The van der Waals surface area contributed by atoms with Crippen molar-refractivity contribution in [2.75, 3.05) is 25.5 Å². The van der Waals surface area contributed by atoms with E-state index in [4.69, 9.17) is 16.3 Å². The third kappa shape index (κ3) is 5.13. The van der Waals surface area contributed by atoms with Crippen LogP contribution in [0.5, 0.6) is 5.75 Å². The molecular weight excluding hydrogens is 334 g/mol. The van der Waals surface area contributed by atoms with Crippen LogP contribution in [0.4, 0.5) is 16.2 Å². The molecule has 0 aliphatic rings. The molecule has 0 bridgehead atoms. The largest absolute Gasteiger partial charge is 0.492 e. The number of rotatable bonds is 6. The van der Waals surface area contributed by atoms with Gasteiger partial charge in [0.2, 0.25) is 0 Å². The van der Waals surface area contributed by atoms with E-state index in [0.717, 1.165) is 0 Å². The smallest absolute Gasteiger partial charge is 0.321 e. The Morgan fingerprint density at radius 1 is 1.29 bits per heavy atom.